The summed E-state index contributed by atoms with van der Waals surface area (Å²) >= 11 is 0. The largest absolute Gasteiger partial charge is 0.493 e. The Hall–Kier alpha value is -1.02. The number of rotatable bonds is 8. The van der Waals surface area contributed by atoms with E-state index in [0.29, 0.717) is 12.0 Å². The molecule has 108 valence electrons. The van der Waals surface area contributed by atoms with Gasteiger partial charge in [0, 0.05) is 6.04 Å². The van der Waals surface area contributed by atoms with E-state index in [1.807, 2.05) is 7.05 Å². The zero-order chi connectivity index (χ0) is 14.3. The molecule has 1 rings (SSSR count). The van der Waals surface area contributed by atoms with E-state index in [0.717, 1.165) is 18.8 Å². The van der Waals surface area contributed by atoms with Crippen LogP contribution in [0.25, 0.3) is 0 Å². The van der Waals surface area contributed by atoms with Crippen LogP contribution in [0.15, 0.2) is 18.2 Å². The number of aryl methyl sites for hydroxylation is 1. The van der Waals surface area contributed by atoms with Crippen LogP contribution in [0, 0.1) is 6.92 Å². The minimum absolute atomic E-state index is 0.514. The summed E-state index contributed by atoms with van der Waals surface area (Å²) in [6, 6.07) is 7.12. The predicted octanol–water partition coefficient (Wildman–Crippen LogP) is 4.28. The van der Waals surface area contributed by atoms with E-state index in [4.69, 9.17) is 4.74 Å². The van der Waals surface area contributed by atoms with Crippen molar-refractivity contribution in [3.63, 3.8) is 0 Å². The molecule has 2 heteroatoms. The van der Waals surface area contributed by atoms with Crippen LogP contribution in [0.3, 0.4) is 0 Å². The molecule has 0 saturated carbocycles. The van der Waals surface area contributed by atoms with E-state index in [1.165, 1.54) is 24.0 Å². The molecule has 0 bridgehead atoms. The monoisotopic (exact) mass is 263 g/mol. The van der Waals surface area contributed by atoms with Crippen molar-refractivity contribution < 1.29 is 4.74 Å². The van der Waals surface area contributed by atoms with Crippen LogP contribution < -0.4 is 10.1 Å². The number of ether oxygens (including phenoxy) is 1. The normalized spacial score (nSPS) is 12.7. The predicted molar refractivity (Wildman–Crippen MR) is 83.1 cm³/mol. The van der Waals surface area contributed by atoms with Gasteiger partial charge in [0.05, 0.1) is 6.61 Å². The van der Waals surface area contributed by atoms with E-state index >= 15 is 0 Å². The van der Waals surface area contributed by atoms with E-state index in [1.54, 1.807) is 0 Å². The smallest absolute Gasteiger partial charge is 0.122 e. The molecule has 1 aromatic rings. The van der Waals surface area contributed by atoms with Crippen molar-refractivity contribution in [1.29, 1.82) is 0 Å². The van der Waals surface area contributed by atoms with Crippen LogP contribution in [-0.4, -0.2) is 19.7 Å². The molecule has 1 aromatic carbocycles. The fraction of sp³-hybridized carbons (Fsp3) is 0.647. The Morgan fingerprint density at radius 3 is 2.53 bits per heavy atom. The highest BCUT2D eigenvalue weighted by Crippen LogP contribution is 2.27. The Balaban J connectivity index is 2.42. The molecule has 1 unspecified atom stereocenters. The van der Waals surface area contributed by atoms with Gasteiger partial charge in [0.25, 0.3) is 0 Å². The summed E-state index contributed by atoms with van der Waals surface area (Å²) in [5.41, 5.74) is 2.58. The molecular weight excluding hydrogens is 234 g/mol. The lowest BCUT2D eigenvalue weighted by atomic mass is 10.0. The van der Waals surface area contributed by atoms with Gasteiger partial charge in [-0.2, -0.15) is 0 Å². The number of hydrogen-bond acceptors (Lipinski definition) is 2. The first-order valence-corrected chi connectivity index (χ1v) is 7.45. The van der Waals surface area contributed by atoms with Crippen LogP contribution in [0.2, 0.25) is 0 Å². The molecule has 0 fully saturated rings. The fourth-order valence-electron chi connectivity index (χ4n) is 2.12. The quantitative estimate of drug-likeness (QED) is 0.707. The summed E-state index contributed by atoms with van der Waals surface area (Å²) in [7, 11) is 2.02. The first-order valence-electron chi connectivity index (χ1n) is 7.45. The molecule has 0 saturated heterocycles. The first-order chi connectivity index (χ1) is 9.04. The van der Waals surface area contributed by atoms with Gasteiger partial charge < -0.3 is 10.1 Å². The van der Waals surface area contributed by atoms with Crippen molar-refractivity contribution in [2.24, 2.45) is 0 Å². The maximum atomic E-state index is 5.97. The molecule has 1 N–H and O–H groups in total. The van der Waals surface area contributed by atoms with Crippen molar-refractivity contribution in [2.45, 2.75) is 58.9 Å². The summed E-state index contributed by atoms with van der Waals surface area (Å²) in [4.78, 5) is 0. The van der Waals surface area contributed by atoms with Gasteiger partial charge in [-0.3, -0.25) is 0 Å². The van der Waals surface area contributed by atoms with Crippen LogP contribution >= 0.6 is 0 Å². The van der Waals surface area contributed by atoms with Crippen LogP contribution in [-0.2, 0) is 0 Å². The average molecular weight is 263 g/mol. The topological polar surface area (TPSA) is 21.3 Å². The summed E-state index contributed by atoms with van der Waals surface area (Å²) in [6.45, 7) is 9.59. The summed E-state index contributed by atoms with van der Waals surface area (Å²) < 4.78 is 5.97. The van der Waals surface area contributed by atoms with Gasteiger partial charge in [0.15, 0.2) is 0 Å². The lowest BCUT2D eigenvalue weighted by Crippen LogP contribution is -2.20. The number of unbranched alkanes of at least 4 members (excludes halogenated alkanes) is 1. The molecule has 1 atom stereocenters. The van der Waals surface area contributed by atoms with Gasteiger partial charge in [0.2, 0.25) is 0 Å². The van der Waals surface area contributed by atoms with E-state index in [2.05, 4.69) is 51.2 Å². The van der Waals surface area contributed by atoms with Gasteiger partial charge in [-0.15, -0.1) is 0 Å². The molecule has 0 aromatic heterocycles. The molecule has 19 heavy (non-hydrogen) atoms. The van der Waals surface area contributed by atoms with E-state index in [-0.39, 0.29) is 0 Å². The highest BCUT2D eigenvalue weighted by Gasteiger charge is 2.08. The van der Waals surface area contributed by atoms with Crippen LogP contribution in [0.5, 0.6) is 5.75 Å². The molecule has 2 nitrogen and oxygen atoms in total. The third kappa shape index (κ3) is 5.65. The second-order valence-electron chi connectivity index (χ2n) is 5.73. The SMILES string of the molecule is CNC(C)CCCCOc1cc(C)ccc1C(C)C. The van der Waals surface area contributed by atoms with Gasteiger partial charge in [-0.05, 0) is 63.3 Å². The van der Waals surface area contributed by atoms with E-state index in [9.17, 15) is 0 Å². The van der Waals surface area contributed by atoms with Crippen molar-refractivity contribution >= 4 is 0 Å². The second-order valence-corrected chi connectivity index (χ2v) is 5.73. The molecule has 0 aliphatic carbocycles. The lowest BCUT2D eigenvalue weighted by molar-refractivity contribution is 0.298. The Bertz CT molecular complexity index is 374. The molecule has 0 spiro atoms. The maximum absolute atomic E-state index is 5.97. The summed E-state index contributed by atoms with van der Waals surface area (Å²) in [5, 5.41) is 3.26. The third-order valence-corrected chi connectivity index (χ3v) is 3.57. The van der Waals surface area contributed by atoms with Gasteiger partial charge in [-0.1, -0.05) is 26.0 Å². The number of hydrogen-bond donors (Lipinski definition) is 1. The van der Waals surface area contributed by atoms with Crippen molar-refractivity contribution in [2.75, 3.05) is 13.7 Å². The van der Waals surface area contributed by atoms with E-state index < -0.39 is 0 Å². The Morgan fingerprint density at radius 2 is 1.89 bits per heavy atom. The minimum atomic E-state index is 0.514. The Kier molecular flexibility index (Phi) is 6.93. The maximum Gasteiger partial charge on any atom is 0.122 e. The molecule has 0 radical (unpaired) electrons. The third-order valence-electron chi connectivity index (χ3n) is 3.57. The standard InChI is InChI=1S/C17H29NO/c1-13(2)16-10-9-14(3)12-17(16)19-11-7-6-8-15(4)18-5/h9-10,12-13,15,18H,6-8,11H2,1-5H3. The van der Waals surface area contributed by atoms with Crippen molar-refractivity contribution in [3.8, 4) is 5.75 Å². The van der Waals surface area contributed by atoms with Crippen LogP contribution in [0.1, 0.15) is 57.1 Å². The van der Waals surface area contributed by atoms with Gasteiger partial charge >= 0.3 is 0 Å². The van der Waals surface area contributed by atoms with Gasteiger partial charge in [0.1, 0.15) is 5.75 Å². The molecule has 0 aliphatic rings. The lowest BCUT2D eigenvalue weighted by Gasteiger charge is -2.15. The Morgan fingerprint density at radius 1 is 1.16 bits per heavy atom. The highest BCUT2D eigenvalue weighted by molar-refractivity contribution is 5.39. The highest BCUT2D eigenvalue weighted by atomic mass is 16.5. The number of benzene rings is 1. The average Bonchev–Trinajstić information content (AvgIpc) is 2.37. The fourth-order valence-corrected chi connectivity index (χ4v) is 2.12. The molecule has 0 aliphatic heterocycles. The first kappa shape index (κ1) is 16.0. The zero-order valence-corrected chi connectivity index (χ0v) is 13.1. The second kappa shape index (κ2) is 8.21. The molecular formula is C17H29NO. The van der Waals surface area contributed by atoms with Crippen molar-refractivity contribution in [1.82, 2.24) is 5.32 Å². The Labute approximate surface area is 118 Å². The zero-order valence-electron chi connectivity index (χ0n) is 13.1. The number of nitrogens with one attached hydrogen (secondary N) is 1. The molecule has 0 amide bonds. The van der Waals surface area contributed by atoms with Gasteiger partial charge in [-0.25, -0.2) is 0 Å². The minimum Gasteiger partial charge on any atom is -0.493 e. The molecule has 0 heterocycles. The van der Waals surface area contributed by atoms with Crippen LogP contribution in [0.4, 0.5) is 0 Å². The summed E-state index contributed by atoms with van der Waals surface area (Å²) in [6.07, 6.45) is 3.55. The van der Waals surface area contributed by atoms with Crippen molar-refractivity contribution in [3.05, 3.63) is 29.3 Å². The summed E-state index contributed by atoms with van der Waals surface area (Å²) in [5.74, 6) is 1.58.